The lowest BCUT2D eigenvalue weighted by Crippen LogP contribution is -2.32. The van der Waals surface area contributed by atoms with E-state index in [9.17, 15) is 9.59 Å². The van der Waals surface area contributed by atoms with Crippen LogP contribution in [0, 0.1) is 0 Å². The minimum Gasteiger partial charge on any atom is -0.490 e. The Hall–Kier alpha value is -3.17. The van der Waals surface area contributed by atoms with Crippen LogP contribution in [-0.4, -0.2) is 42.3 Å². The molecule has 1 aliphatic carbocycles. The second-order valence-electron chi connectivity index (χ2n) is 9.39. The maximum Gasteiger partial charge on any atom is 0.278 e. The number of anilines is 1. The Morgan fingerprint density at radius 1 is 1.17 bits per heavy atom. The van der Waals surface area contributed by atoms with Crippen LogP contribution in [0.15, 0.2) is 28.8 Å². The number of amides is 2. The van der Waals surface area contributed by atoms with Gasteiger partial charge in [-0.25, -0.2) is 0 Å². The summed E-state index contributed by atoms with van der Waals surface area (Å²) in [5, 5.41) is 10.5. The van der Waals surface area contributed by atoms with E-state index in [0.29, 0.717) is 22.9 Å². The van der Waals surface area contributed by atoms with Gasteiger partial charge in [0, 0.05) is 36.1 Å². The number of nitrogens with one attached hydrogen (secondary N) is 2. The number of hydrogen-bond donors (Lipinski definition) is 2. The van der Waals surface area contributed by atoms with E-state index in [1.165, 1.54) is 11.3 Å². The fourth-order valence-corrected chi connectivity index (χ4v) is 6.38. The van der Waals surface area contributed by atoms with Crippen molar-refractivity contribution in [1.82, 2.24) is 10.5 Å². The van der Waals surface area contributed by atoms with Crippen LogP contribution in [0.2, 0.25) is 0 Å². The molecule has 2 atom stereocenters. The average Bonchev–Trinajstić information content (AvgIpc) is 3.65. The molecule has 0 unspecified atom stereocenters. The zero-order valence-electron chi connectivity index (χ0n) is 19.5. The van der Waals surface area contributed by atoms with Gasteiger partial charge in [0.25, 0.3) is 11.8 Å². The first-order valence-electron chi connectivity index (χ1n) is 12.2. The minimum absolute atomic E-state index is 0.0613. The molecule has 0 spiro atoms. The molecule has 0 radical (unpaired) electrons. The highest BCUT2D eigenvalue weighted by molar-refractivity contribution is 7.17. The van der Waals surface area contributed by atoms with Crippen molar-refractivity contribution in [3.05, 3.63) is 51.5 Å². The third-order valence-electron chi connectivity index (χ3n) is 6.81. The standard InChI is InChI=1S/C26H27N3O5S/c1-14-10-16-11-15(7-8-20(16)33-14)21-12-19(29-34-21)24(30)28-26-23(18-5-2-6-22(18)35-26)25(31)27-13-17-4-3-9-32-17/h7-8,11-12,14,17H,2-6,9-10,13H2,1H3,(H,27,31)(H,28,30)/t14-,17+/m0/s1. The SMILES string of the molecule is C[C@H]1Cc2cc(-c3cc(C(=O)Nc4sc5c(c4C(=O)NC[C@H]4CCCO4)CCC5)no3)ccc2O1. The van der Waals surface area contributed by atoms with Gasteiger partial charge in [-0.2, -0.15) is 0 Å². The third-order valence-corrected chi connectivity index (χ3v) is 8.02. The number of rotatable bonds is 6. The van der Waals surface area contributed by atoms with Gasteiger partial charge in [0.2, 0.25) is 0 Å². The van der Waals surface area contributed by atoms with Crippen molar-refractivity contribution in [1.29, 1.82) is 0 Å². The highest BCUT2D eigenvalue weighted by atomic mass is 32.1. The highest BCUT2D eigenvalue weighted by Gasteiger charge is 2.29. The molecule has 8 nitrogen and oxygen atoms in total. The summed E-state index contributed by atoms with van der Waals surface area (Å²) in [5.41, 5.74) is 3.75. The van der Waals surface area contributed by atoms with Gasteiger partial charge in [-0.3, -0.25) is 9.59 Å². The minimum atomic E-state index is -0.397. The smallest absolute Gasteiger partial charge is 0.278 e. The van der Waals surface area contributed by atoms with Crippen LogP contribution in [0.5, 0.6) is 5.75 Å². The van der Waals surface area contributed by atoms with Crippen LogP contribution in [0.3, 0.4) is 0 Å². The zero-order chi connectivity index (χ0) is 23.9. The summed E-state index contributed by atoms with van der Waals surface area (Å²) < 4.78 is 16.9. The van der Waals surface area contributed by atoms with Gasteiger partial charge in [-0.1, -0.05) is 5.16 Å². The predicted molar refractivity (Wildman–Crippen MR) is 131 cm³/mol. The number of ether oxygens (including phenoxy) is 2. The Labute approximate surface area is 207 Å². The molecule has 35 heavy (non-hydrogen) atoms. The lowest BCUT2D eigenvalue weighted by molar-refractivity contribution is 0.0858. The number of carbonyl (C=O) groups is 2. The molecular weight excluding hydrogens is 466 g/mol. The van der Waals surface area contributed by atoms with Crippen molar-refractivity contribution in [2.45, 2.75) is 57.7 Å². The number of aryl methyl sites for hydroxylation is 1. The normalized spacial score (nSPS) is 20.4. The van der Waals surface area contributed by atoms with Crippen LogP contribution in [-0.2, 0) is 24.0 Å². The molecule has 2 aromatic heterocycles. The summed E-state index contributed by atoms with van der Waals surface area (Å²) in [7, 11) is 0. The van der Waals surface area contributed by atoms with Gasteiger partial charge in [-0.15, -0.1) is 11.3 Å². The molecule has 9 heteroatoms. The van der Waals surface area contributed by atoms with E-state index in [0.717, 1.165) is 72.4 Å². The van der Waals surface area contributed by atoms with Crippen LogP contribution in [0.4, 0.5) is 5.00 Å². The number of carbonyl (C=O) groups excluding carboxylic acids is 2. The van der Waals surface area contributed by atoms with Gasteiger partial charge >= 0.3 is 0 Å². The van der Waals surface area contributed by atoms with E-state index in [1.54, 1.807) is 6.07 Å². The topological polar surface area (TPSA) is 103 Å². The number of fused-ring (bicyclic) bond motifs is 2. The number of hydrogen-bond acceptors (Lipinski definition) is 7. The summed E-state index contributed by atoms with van der Waals surface area (Å²) in [4.78, 5) is 27.3. The number of nitrogens with zero attached hydrogens (tertiary/aromatic N) is 1. The van der Waals surface area contributed by atoms with Crippen molar-refractivity contribution in [3.63, 3.8) is 0 Å². The molecule has 3 aromatic rings. The van der Waals surface area contributed by atoms with Crippen LogP contribution in [0.25, 0.3) is 11.3 Å². The first-order valence-corrected chi connectivity index (χ1v) is 13.0. The summed E-state index contributed by atoms with van der Waals surface area (Å²) in [5.74, 6) is 0.840. The molecular formula is C26H27N3O5S. The predicted octanol–water partition coefficient (Wildman–Crippen LogP) is 4.38. The van der Waals surface area contributed by atoms with Crippen molar-refractivity contribution in [2.24, 2.45) is 0 Å². The second kappa shape index (κ2) is 9.13. The van der Waals surface area contributed by atoms with Gasteiger partial charge in [0.05, 0.1) is 11.7 Å². The Kier molecular flexibility index (Phi) is 5.82. The van der Waals surface area contributed by atoms with Crippen molar-refractivity contribution >= 4 is 28.2 Å². The lowest BCUT2D eigenvalue weighted by Gasteiger charge is -2.12. The van der Waals surface area contributed by atoms with E-state index >= 15 is 0 Å². The first kappa shape index (κ1) is 22.3. The molecule has 6 rings (SSSR count). The highest BCUT2D eigenvalue weighted by Crippen LogP contribution is 2.39. The van der Waals surface area contributed by atoms with Crippen LogP contribution >= 0.6 is 11.3 Å². The average molecular weight is 494 g/mol. The molecule has 1 fully saturated rings. The van der Waals surface area contributed by atoms with Crippen molar-refractivity contribution in [3.8, 4) is 17.1 Å². The number of aromatic nitrogens is 1. The summed E-state index contributed by atoms with van der Waals surface area (Å²) in [6, 6.07) is 7.47. The maximum absolute atomic E-state index is 13.1. The second-order valence-corrected chi connectivity index (χ2v) is 10.5. The Morgan fingerprint density at radius 2 is 2.09 bits per heavy atom. The van der Waals surface area contributed by atoms with E-state index in [2.05, 4.69) is 15.8 Å². The molecule has 4 heterocycles. The first-order chi connectivity index (χ1) is 17.0. The zero-order valence-corrected chi connectivity index (χ0v) is 20.3. The molecule has 0 saturated carbocycles. The molecule has 0 bridgehead atoms. The fourth-order valence-electron chi connectivity index (χ4n) is 5.09. The van der Waals surface area contributed by atoms with E-state index in [4.69, 9.17) is 14.0 Å². The van der Waals surface area contributed by atoms with E-state index in [-0.39, 0.29) is 23.8 Å². The third kappa shape index (κ3) is 4.34. The summed E-state index contributed by atoms with van der Waals surface area (Å²) >= 11 is 1.48. The molecule has 2 N–H and O–H groups in total. The van der Waals surface area contributed by atoms with Crippen LogP contribution < -0.4 is 15.4 Å². The molecule has 2 amide bonds. The van der Waals surface area contributed by atoms with Gasteiger partial charge in [0.15, 0.2) is 11.5 Å². The van der Waals surface area contributed by atoms with Gasteiger partial charge < -0.3 is 24.6 Å². The quantitative estimate of drug-likeness (QED) is 0.529. The molecule has 1 aromatic carbocycles. The van der Waals surface area contributed by atoms with Gasteiger partial charge in [0.1, 0.15) is 16.9 Å². The molecule has 3 aliphatic rings. The van der Waals surface area contributed by atoms with Crippen molar-refractivity contribution in [2.75, 3.05) is 18.5 Å². The Balaban J connectivity index is 1.19. The maximum atomic E-state index is 13.1. The van der Waals surface area contributed by atoms with Gasteiger partial charge in [-0.05, 0) is 68.4 Å². The fraction of sp³-hybridized carbons (Fsp3) is 0.423. The summed E-state index contributed by atoms with van der Waals surface area (Å²) in [6.07, 6.45) is 5.83. The largest absolute Gasteiger partial charge is 0.490 e. The van der Waals surface area contributed by atoms with E-state index < -0.39 is 5.91 Å². The molecule has 182 valence electrons. The molecule has 2 aliphatic heterocycles. The number of benzene rings is 1. The summed E-state index contributed by atoms with van der Waals surface area (Å²) in [6.45, 7) is 3.26. The number of thiophene rings is 1. The van der Waals surface area contributed by atoms with Crippen molar-refractivity contribution < 1.29 is 23.6 Å². The Morgan fingerprint density at radius 3 is 2.94 bits per heavy atom. The monoisotopic (exact) mass is 493 g/mol. The molecule has 1 saturated heterocycles. The van der Waals surface area contributed by atoms with E-state index in [1.807, 2.05) is 25.1 Å². The lowest BCUT2D eigenvalue weighted by atomic mass is 10.1. The van der Waals surface area contributed by atoms with Crippen LogP contribution in [0.1, 0.15) is 63.0 Å². The Bertz CT molecular complexity index is 1290.